The van der Waals surface area contributed by atoms with E-state index in [1.807, 2.05) is 37.3 Å². The van der Waals surface area contributed by atoms with Gasteiger partial charge < -0.3 is 14.8 Å². The zero-order chi connectivity index (χ0) is 25.7. The minimum Gasteiger partial charge on any atom is -0.493 e. The van der Waals surface area contributed by atoms with Gasteiger partial charge in [-0.2, -0.15) is 0 Å². The molecule has 0 unspecified atom stereocenters. The summed E-state index contributed by atoms with van der Waals surface area (Å²) in [7, 11) is 1.53. The van der Waals surface area contributed by atoms with E-state index in [-0.39, 0.29) is 11.4 Å². The molecular weight excluding hydrogens is 544 g/mol. The lowest BCUT2D eigenvalue weighted by Crippen LogP contribution is -2.36. The van der Waals surface area contributed by atoms with Gasteiger partial charge in [-0.3, -0.25) is 19.3 Å². The number of aryl methyl sites for hydroxylation is 1. The largest absolute Gasteiger partial charge is 0.493 e. The van der Waals surface area contributed by atoms with Crippen molar-refractivity contribution in [2.75, 3.05) is 19.0 Å². The van der Waals surface area contributed by atoms with Gasteiger partial charge in [-0.1, -0.05) is 48.0 Å². The van der Waals surface area contributed by atoms with Gasteiger partial charge in [-0.15, -0.1) is 0 Å². The Hall–Kier alpha value is -3.56. The number of anilines is 1. The topological polar surface area (TPSA) is 84.9 Å². The molecule has 3 aromatic carbocycles. The van der Waals surface area contributed by atoms with E-state index in [9.17, 15) is 14.4 Å². The van der Waals surface area contributed by atoms with Crippen LogP contribution in [0.3, 0.4) is 0 Å². The molecule has 1 heterocycles. The number of benzene rings is 3. The van der Waals surface area contributed by atoms with Crippen molar-refractivity contribution >= 4 is 56.5 Å². The van der Waals surface area contributed by atoms with Gasteiger partial charge in [0.05, 0.1) is 16.5 Å². The van der Waals surface area contributed by atoms with Crippen LogP contribution in [-0.2, 0) is 16.2 Å². The molecule has 1 aliphatic rings. The van der Waals surface area contributed by atoms with Crippen LogP contribution in [0.15, 0.2) is 76.1 Å². The molecule has 3 aromatic rings. The maximum atomic E-state index is 12.9. The predicted octanol–water partition coefficient (Wildman–Crippen LogP) is 6.02. The standard InChI is InChI=1S/C27H23BrN2O5S/c1-17-8-10-18(11-9-17)16-35-25-21(28)12-19(13-22(25)34-2)14-23-26(32)30(27(33)36-23)15-24(31)29-20-6-4-3-5-7-20/h3-14H,15-16H2,1-2H3,(H,29,31)/b23-14-. The number of hydrogen-bond acceptors (Lipinski definition) is 6. The number of hydrogen-bond donors (Lipinski definition) is 1. The lowest BCUT2D eigenvalue weighted by atomic mass is 10.1. The number of methoxy groups -OCH3 is 1. The van der Waals surface area contributed by atoms with Gasteiger partial charge in [-0.05, 0) is 76.1 Å². The molecule has 0 bridgehead atoms. The number of halogens is 1. The molecule has 0 aromatic heterocycles. The summed E-state index contributed by atoms with van der Waals surface area (Å²) in [4.78, 5) is 38.8. The van der Waals surface area contributed by atoms with Gasteiger partial charge in [0, 0.05) is 5.69 Å². The quantitative estimate of drug-likeness (QED) is 0.335. The third kappa shape index (κ3) is 6.16. The first-order chi connectivity index (χ1) is 17.3. The van der Waals surface area contributed by atoms with Gasteiger partial charge in [0.15, 0.2) is 11.5 Å². The summed E-state index contributed by atoms with van der Waals surface area (Å²) < 4.78 is 12.1. The van der Waals surface area contributed by atoms with Crippen LogP contribution in [0.5, 0.6) is 11.5 Å². The number of ether oxygens (including phenoxy) is 2. The van der Waals surface area contributed by atoms with Gasteiger partial charge >= 0.3 is 0 Å². The molecule has 3 amide bonds. The zero-order valence-electron chi connectivity index (χ0n) is 19.6. The number of thioether (sulfide) groups is 1. The van der Waals surface area contributed by atoms with Gasteiger partial charge in [0.25, 0.3) is 11.1 Å². The van der Waals surface area contributed by atoms with E-state index < -0.39 is 17.1 Å². The van der Waals surface area contributed by atoms with Crippen molar-refractivity contribution in [3.8, 4) is 11.5 Å². The predicted molar refractivity (Wildman–Crippen MR) is 144 cm³/mol. The molecule has 0 saturated carbocycles. The molecule has 7 nitrogen and oxygen atoms in total. The maximum Gasteiger partial charge on any atom is 0.294 e. The normalized spacial score (nSPS) is 14.3. The van der Waals surface area contributed by atoms with E-state index in [2.05, 4.69) is 21.2 Å². The first-order valence-corrected chi connectivity index (χ1v) is 12.6. The van der Waals surface area contributed by atoms with Gasteiger partial charge in [0.1, 0.15) is 13.2 Å². The average Bonchev–Trinajstić information content (AvgIpc) is 3.12. The molecule has 1 aliphatic heterocycles. The molecule has 0 spiro atoms. The molecule has 1 N–H and O–H groups in total. The Morgan fingerprint density at radius 2 is 1.81 bits per heavy atom. The van der Waals surface area contributed by atoms with Crippen LogP contribution < -0.4 is 14.8 Å². The summed E-state index contributed by atoms with van der Waals surface area (Å²) in [6, 6.07) is 20.4. The number of rotatable bonds is 8. The fourth-order valence-corrected chi connectivity index (χ4v) is 4.87. The highest BCUT2D eigenvalue weighted by Gasteiger charge is 2.36. The van der Waals surface area contributed by atoms with Crippen molar-refractivity contribution in [3.05, 3.63) is 92.8 Å². The first kappa shape index (κ1) is 25.5. The fraction of sp³-hybridized carbons (Fsp3) is 0.148. The Labute approximate surface area is 221 Å². The lowest BCUT2D eigenvalue weighted by molar-refractivity contribution is -0.127. The lowest BCUT2D eigenvalue weighted by Gasteiger charge is -2.14. The smallest absolute Gasteiger partial charge is 0.294 e. The highest BCUT2D eigenvalue weighted by Crippen LogP contribution is 2.39. The van der Waals surface area contributed by atoms with Crippen LogP contribution in [0.4, 0.5) is 10.5 Å². The molecule has 36 heavy (non-hydrogen) atoms. The van der Waals surface area contributed by atoms with Crippen LogP contribution in [0, 0.1) is 6.92 Å². The van der Waals surface area contributed by atoms with Crippen molar-refractivity contribution in [1.29, 1.82) is 0 Å². The third-order valence-corrected chi connectivity index (χ3v) is 6.78. The summed E-state index contributed by atoms with van der Waals surface area (Å²) in [5.41, 5.74) is 3.42. The summed E-state index contributed by atoms with van der Waals surface area (Å²) in [5.74, 6) is 0.0253. The van der Waals surface area contributed by atoms with E-state index in [4.69, 9.17) is 9.47 Å². The Balaban J connectivity index is 1.47. The van der Waals surface area contributed by atoms with E-state index >= 15 is 0 Å². The summed E-state index contributed by atoms with van der Waals surface area (Å²) >= 11 is 4.31. The molecule has 9 heteroatoms. The highest BCUT2D eigenvalue weighted by atomic mass is 79.9. The van der Waals surface area contributed by atoms with Crippen molar-refractivity contribution in [3.63, 3.8) is 0 Å². The number of para-hydroxylation sites is 1. The van der Waals surface area contributed by atoms with Gasteiger partial charge in [0.2, 0.25) is 5.91 Å². The number of imide groups is 1. The van der Waals surface area contributed by atoms with Crippen LogP contribution in [0.25, 0.3) is 6.08 Å². The molecule has 1 saturated heterocycles. The van der Waals surface area contributed by atoms with Crippen LogP contribution in [0.2, 0.25) is 0 Å². The second-order valence-electron chi connectivity index (χ2n) is 7.99. The van der Waals surface area contributed by atoms with Crippen molar-refractivity contribution < 1.29 is 23.9 Å². The van der Waals surface area contributed by atoms with Crippen molar-refractivity contribution in [2.24, 2.45) is 0 Å². The first-order valence-electron chi connectivity index (χ1n) is 11.0. The van der Waals surface area contributed by atoms with Crippen molar-refractivity contribution in [2.45, 2.75) is 13.5 Å². The van der Waals surface area contributed by atoms with E-state index in [0.29, 0.717) is 33.8 Å². The number of carbonyl (C=O) groups excluding carboxylic acids is 3. The minimum absolute atomic E-state index is 0.217. The SMILES string of the molecule is COc1cc(/C=C2\SC(=O)N(CC(=O)Nc3ccccc3)C2=O)cc(Br)c1OCc1ccc(C)cc1. The fourth-order valence-electron chi connectivity index (χ4n) is 3.46. The monoisotopic (exact) mass is 566 g/mol. The maximum absolute atomic E-state index is 12.9. The van der Waals surface area contributed by atoms with Crippen LogP contribution in [0.1, 0.15) is 16.7 Å². The summed E-state index contributed by atoms with van der Waals surface area (Å²) in [6.45, 7) is 2.02. The molecular formula is C27H23BrN2O5S. The number of nitrogens with one attached hydrogen (secondary N) is 1. The van der Waals surface area contributed by atoms with E-state index in [1.165, 1.54) is 12.7 Å². The third-order valence-electron chi connectivity index (χ3n) is 5.29. The molecule has 0 radical (unpaired) electrons. The highest BCUT2D eigenvalue weighted by molar-refractivity contribution is 9.10. The number of nitrogens with zero attached hydrogens (tertiary/aromatic N) is 1. The average molecular weight is 567 g/mol. The molecule has 1 fully saturated rings. The molecule has 4 rings (SSSR count). The van der Waals surface area contributed by atoms with Crippen molar-refractivity contribution in [1.82, 2.24) is 4.90 Å². The van der Waals surface area contributed by atoms with E-state index in [0.717, 1.165) is 22.2 Å². The minimum atomic E-state index is -0.525. The summed E-state index contributed by atoms with van der Waals surface area (Å²) in [6.07, 6.45) is 1.59. The molecule has 0 aliphatic carbocycles. The molecule has 184 valence electrons. The Kier molecular flexibility index (Phi) is 8.12. The second-order valence-corrected chi connectivity index (χ2v) is 9.84. The van der Waals surface area contributed by atoms with Gasteiger partial charge in [-0.25, -0.2) is 0 Å². The molecule has 0 atom stereocenters. The van der Waals surface area contributed by atoms with Crippen LogP contribution in [-0.4, -0.2) is 35.6 Å². The Morgan fingerprint density at radius 3 is 2.50 bits per heavy atom. The Morgan fingerprint density at radius 1 is 1.08 bits per heavy atom. The van der Waals surface area contributed by atoms with E-state index in [1.54, 1.807) is 42.5 Å². The zero-order valence-corrected chi connectivity index (χ0v) is 22.0. The number of carbonyl (C=O) groups is 3. The summed E-state index contributed by atoms with van der Waals surface area (Å²) in [5, 5.41) is 2.18. The Bertz CT molecular complexity index is 1330. The number of amides is 3. The van der Waals surface area contributed by atoms with Crippen LogP contribution >= 0.6 is 27.7 Å². The second kappa shape index (κ2) is 11.5.